The van der Waals surface area contributed by atoms with Gasteiger partial charge in [0.1, 0.15) is 12.4 Å². The van der Waals surface area contributed by atoms with Crippen LogP contribution in [0.1, 0.15) is 38.8 Å². The minimum Gasteiger partial charge on any atom is -0.467 e. The molecule has 0 aromatic heterocycles. The number of hydrogen-bond donors (Lipinski definition) is 0. The van der Waals surface area contributed by atoms with Crippen LogP contribution in [0.3, 0.4) is 0 Å². The summed E-state index contributed by atoms with van der Waals surface area (Å²) in [6.45, 7) is 2.84. The summed E-state index contributed by atoms with van der Waals surface area (Å²) in [6.07, 6.45) is 0. The zero-order valence-corrected chi connectivity index (χ0v) is 14.2. The molecule has 26 heavy (non-hydrogen) atoms. The van der Waals surface area contributed by atoms with Crippen molar-refractivity contribution in [2.24, 2.45) is 0 Å². The molecule has 0 spiro atoms. The molecule has 2 aliphatic heterocycles. The summed E-state index contributed by atoms with van der Waals surface area (Å²) < 4.78 is 10.9. The van der Waals surface area contributed by atoms with Gasteiger partial charge in [-0.3, -0.25) is 14.5 Å². The summed E-state index contributed by atoms with van der Waals surface area (Å²) >= 11 is 0. The monoisotopic (exact) mass is 355 g/mol. The second-order valence-electron chi connectivity index (χ2n) is 5.91. The van der Waals surface area contributed by atoms with Gasteiger partial charge >= 0.3 is 0 Å². The Labute approximate surface area is 149 Å². The van der Waals surface area contributed by atoms with Gasteiger partial charge in [0.25, 0.3) is 11.8 Å². The summed E-state index contributed by atoms with van der Waals surface area (Å²) in [5.74, 6) is 0.422. The summed E-state index contributed by atoms with van der Waals surface area (Å²) in [4.78, 5) is 36.5. The van der Waals surface area contributed by atoms with Crippen molar-refractivity contribution in [2.45, 2.75) is 20.1 Å². The van der Waals surface area contributed by atoms with Crippen molar-refractivity contribution >= 4 is 11.8 Å². The predicted octanol–water partition coefficient (Wildman–Crippen LogP) is 2.68. The van der Waals surface area contributed by atoms with E-state index in [-0.39, 0.29) is 25.2 Å². The molecule has 0 N–H and O–H groups in total. The average Bonchev–Trinajstić information content (AvgIpc) is 3.20. The van der Waals surface area contributed by atoms with E-state index in [9.17, 15) is 9.59 Å². The van der Waals surface area contributed by atoms with Crippen LogP contribution < -0.4 is 9.62 Å². The lowest BCUT2D eigenvalue weighted by molar-refractivity contribution is -0.194. The van der Waals surface area contributed by atoms with Crippen molar-refractivity contribution in [3.63, 3.8) is 0 Å². The van der Waals surface area contributed by atoms with Gasteiger partial charge in [-0.15, -0.1) is 0 Å². The third kappa shape index (κ3) is 2.81. The second-order valence-corrected chi connectivity index (χ2v) is 5.91. The molecule has 2 amide bonds. The van der Waals surface area contributed by atoms with Crippen LogP contribution in [-0.4, -0.2) is 30.1 Å². The molecule has 2 aliphatic rings. The second kappa shape index (κ2) is 6.78. The largest absolute Gasteiger partial charge is 0.467 e. The number of ether oxygens (including phenoxy) is 2. The topological polar surface area (TPSA) is 74.3 Å². The standard InChI is InChI=1S/C19H17NO6/c1-2-23-11-24-16-8-17-13(10-25-26-17)7-12(16)9-20-18(21)14-5-3-4-6-15(14)19(20)22/h3-8H,2,9-11H2,1H3. The highest BCUT2D eigenvalue weighted by Gasteiger charge is 2.35. The molecule has 0 saturated carbocycles. The number of carbonyl (C=O) groups is 2. The highest BCUT2D eigenvalue weighted by Crippen LogP contribution is 2.35. The number of fused-ring (bicyclic) bond motifs is 2. The van der Waals surface area contributed by atoms with Crippen LogP contribution in [0.15, 0.2) is 36.4 Å². The fourth-order valence-corrected chi connectivity index (χ4v) is 3.00. The van der Waals surface area contributed by atoms with Gasteiger partial charge in [0.05, 0.1) is 17.7 Å². The molecule has 0 unspecified atom stereocenters. The van der Waals surface area contributed by atoms with Gasteiger partial charge in [-0.05, 0) is 25.1 Å². The highest BCUT2D eigenvalue weighted by atomic mass is 17.2. The van der Waals surface area contributed by atoms with E-state index in [4.69, 9.17) is 19.2 Å². The minimum atomic E-state index is -0.311. The fraction of sp³-hybridized carbons (Fsp3) is 0.263. The maximum absolute atomic E-state index is 12.6. The summed E-state index contributed by atoms with van der Waals surface area (Å²) in [5, 5.41) is 0. The van der Waals surface area contributed by atoms with Crippen molar-refractivity contribution in [3.8, 4) is 11.5 Å². The van der Waals surface area contributed by atoms with Crippen LogP contribution in [0.5, 0.6) is 11.5 Å². The van der Waals surface area contributed by atoms with E-state index < -0.39 is 0 Å². The molecule has 2 aromatic rings. The Balaban J connectivity index is 1.63. The van der Waals surface area contributed by atoms with Crippen LogP contribution >= 0.6 is 0 Å². The third-order valence-corrected chi connectivity index (χ3v) is 4.32. The van der Waals surface area contributed by atoms with E-state index in [0.717, 1.165) is 5.56 Å². The van der Waals surface area contributed by atoms with Crippen LogP contribution in [-0.2, 0) is 22.8 Å². The zero-order chi connectivity index (χ0) is 18.1. The molecule has 4 rings (SSSR count). The van der Waals surface area contributed by atoms with Crippen molar-refractivity contribution in [1.29, 1.82) is 0 Å². The zero-order valence-electron chi connectivity index (χ0n) is 14.2. The van der Waals surface area contributed by atoms with Crippen molar-refractivity contribution < 1.29 is 28.8 Å². The molecule has 134 valence electrons. The van der Waals surface area contributed by atoms with E-state index in [2.05, 4.69) is 0 Å². The SMILES string of the molecule is CCOCOc1cc2c(cc1CN1C(=O)c3ccccc3C1=O)COO2. The Hall–Kier alpha value is -2.90. The number of benzene rings is 2. The summed E-state index contributed by atoms with van der Waals surface area (Å²) in [7, 11) is 0. The molecule has 0 bridgehead atoms. The first-order valence-corrected chi connectivity index (χ1v) is 8.30. The number of hydrogen-bond acceptors (Lipinski definition) is 6. The molecular formula is C19H17NO6. The third-order valence-electron chi connectivity index (χ3n) is 4.32. The smallest absolute Gasteiger partial charge is 0.261 e. The van der Waals surface area contributed by atoms with E-state index in [0.29, 0.717) is 41.4 Å². The van der Waals surface area contributed by atoms with Crippen LogP contribution in [0.25, 0.3) is 0 Å². The lowest BCUT2D eigenvalue weighted by atomic mass is 10.1. The first kappa shape index (κ1) is 16.6. The first-order chi connectivity index (χ1) is 12.7. The van der Waals surface area contributed by atoms with Gasteiger partial charge < -0.3 is 14.4 Å². The summed E-state index contributed by atoms with van der Waals surface area (Å²) in [6, 6.07) is 10.3. The number of imide groups is 1. The molecule has 0 radical (unpaired) electrons. The number of rotatable bonds is 6. The predicted molar refractivity (Wildman–Crippen MR) is 89.6 cm³/mol. The van der Waals surface area contributed by atoms with E-state index in [1.807, 2.05) is 13.0 Å². The molecule has 2 aromatic carbocycles. The van der Waals surface area contributed by atoms with Gasteiger partial charge in [0.15, 0.2) is 12.5 Å². The molecule has 2 heterocycles. The molecular weight excluding hydrogens is 338 g/mol. The number of amides is 2. The molecule has 0 fully saturated rings. The van der Waals surface area contributed by atoms with Crippen molar-refractivity contribution in [2.75, 3.05) is 13.4 Å². The van der Waals surface area contributed by atoms with Gasteiger partial charge in [-0.25, -0.2) is 0 Å². The first-order valence-electron chi connectivity index (χ1n) is 8.30. The van der Waals surface area contributed by atoms with Gasteiger partial charge in [-0.2, -0.15) is 4.89 Å². The molecule has 0 saturated heterocycles. The van der Waals surface area contributed by atoms with E-state index >= 15 is 0 Å². The van der Waals surface area contributed by atoms with Gasteiger partial charge in [0, 0.05) is 23.8 Å². The molecule has 0 atom stereocenters. The van der Waals surface area contributed by atoms with Gasteiger partial charge in [0.2, 0.25) is 0 Å². The molecule has 7 heteroatoms. The quantitative estimate of drug-likeness (QED) is 0.343. The van der Waals surface area contributed by atoms with Crippen molar-refractivity contribution in [1.82, 2.24) is 4.90 Å². The Morgan fingerprint density at radius 1 is 1.12 bits per heavy atom. The summed E-state index contributed by atoms with van der Waals surface area (Å²) in [5.41, 5.74) is 2.36. The van der Waals surface area contributed by atoms with E-state index in [1.54, 1.807) is 30.3 Å². The Kier molecular flexibility index (Phi) is 4.32. The lowest BCUT2D eigenvalue weighted by Crippen LogP contribution is -2.29. The maximum Gasteiger partial charge on any atom is 0.261 e. The number of carbonyl (C=O) groups excluding carboxylic acids is 2. The van der Waals surface area contributed by atoms with E-state index in [1.165, 1.54) is 4.90 Å². The Morgan fingerprint density at radius 2 is 1.85 bits per heavy atom. The Bertz CT molecular complexity index is 843. The van der Waals surface area contributed by atoms with Gasteiger partial charge in [-0.1, -0.05) is 12.1 Å². The maximum atomic E-state index is 12.6. The van der Waals surface area contributed by atoms with Crippen LogP contribution in [0.2, 0.25) is 0 Å². The molecule has 0 aliphatic carbocycles. The van der Waals surface area contributed by atoms with Crippen molar-refractivity contribution in [3.05, 3.63) is 58.7 Å². The minimum absolute atomic E-state index is 0.0608. The van der Waals surface area contributed by atoms with Crippen LogP contribution in [0.4, 0.5) is 0 Å². The highest BCUT2D eigenvalue weighted by molar-refractivity contribution is 6.21. The fourth-order valence-electron chi connectivity index (χ4n) is 3.00. The molecule has 7 nitrogen and oxygen atoms in total. The normalized spacial score (nSPS) is 15.0. The lowest BCUT2D eigenvalue weighted by Gasteiger charge is -2.18. The number of nitrogens with zero attached hydrogens (tertiary/aromatic N) is 1. The average molecular weight is 355 g/mol. The Morgan fingerprint density at radius 3 is 2.54 bits per heavy atom. The van der Waals surface area contributed by atoms with Crippen LogP contribution in [0, 0.1) is 0 Å².